The highest BCUT2D eigenvalue weighted by Crippen LogP contribution is 2.32. The number of nitriles is 1. The van der Waals surface area contributed by atoms with Crippen LogP contribution in [0.25, 0.3) is 0 Å². The number of nitrogens with one attached hydrogen (secondary N) is 1. The number of aliphatic hydroxyl groups is 1. The summed E-state index contributed by atoms with van der Waals surface area (Å²) in [6.45, 7) is 1.37. The molecule has 3 atom stereocenters. The zero-order valence-electron chi connectivity index (χ0n) is 17.6. The molecule has 0 saturated carbocycles. The van der Waals surface area contributed by atoms with Crippen LogP contribution >= 0.6 is 0 Å². The number of aryl methyl sites for hydroxylation is 1. The standard InChI is InChI=1S/C21H23N7O4/c1-26-16(19(29)28-14-2-3-15(28)11-32-10-14)9-18(25-26)24-17-8-13(4-6-23-17)27-7-5-21(31,12-22)20(27)30/h4,6,8-9,14-15,31H,2-3,5,7,10-11H2,1H3,(H,23,24,25)/t14?,15?,21-/m0/s1. The number of ether oxygens (including phenoxy) is 1. The maximum absolute atomic E-state index is 13.2. The zero-order chi connectivity index (χ0) is 22.5. The van der Waals surface area contributed by atoms with E-state index in [2.05, 4.69) is 15.4 Å². The summed E-state index contributed by atoms with van der Waals surface area (Å²) in [4.78, 5) is 33.1. The van der Waals surface area contributed by atoms with Crippen molar-refractivity contribution in [3.05, 3.63) is 30.1 Å². The number of nitrogens with zero attached hydrogens (tertiary/aromatic N) is 6. The maximum atomic E-state index is 13.2. The van der Waals surface area contributed by atoms with Crippen LogP contribution in [0.5, 0.6) is 0 Å². The van der Waals surface area contributed by atoms with Crippen molar-refractivity contribution in [2.75, 3.05) is 30.0 Å². The summed E-state index contributed by atoms with van der Waals surface area (Å²) in [5.41, 5.74) is -1.02. The molecule has 5 rings (SSSR count). The number of pyridine rings is 1. The van der Waals surface area contributed by atoms with Gasteiger partial charge in [0.1, 0.15) is 17.6 Å². The highest BCUT2D eigenvalue weighted by molar-refractivity contribution is 6.03. The van der Waals surface area contributed by atoms with Crippen molar-refractivity contribution in [3.63, 3.8) is 0 Å². The first-order chi connectivity index (χ1) is 15.4. The number of anilines is 3. The van der Waals surface area contributed by atoms with E-state index >= 15 is 0 Å². The van der Waals surface area contributed by atoms with E-state index in [9.17, 15) is 14.7 Å². The molecule has 2 aromatic rings. The van der Waals surface area contributed by atoms with Crippen LogP contribution in [0, 0.1) is 11.3 Å². The molecule has 11 nitrogen and oxygen atoms in total. The highest BCUT2D eigenvalue weighted by atomic mass is 16.5. The summed E-state index contributed by atoms with van der Waals surface area (Å²) in [6.07, 6.45) is 3.47. The Balaban J connectivity index is 1.34. The molecule has 11 heteroatoms. The van der Waals surface area contributed by atoms with Crippen molar-refractivity contribution in [1.82, 2.24) is 19.7 Å². The van der Waals surface area contributed by atoms with Gasteiger partial charge in [0.25, 0.3) is 11.8 Å². The van der Waals surface area contributed by atoms with Crippen LogP contribution in [0.2, 0.25) is 0 Å². The first-order valence-electron chi connectivity index (χ1n) is 10.5. The van der Waals surface area contributed by atoms with E-state index in [1.165, 1.54) is 11.1 Å². The molecule has 5 heterocycles. The molecule has 0 aromatic carbocycles. The lowest BCUT2D eigenvalue weighted by Gasteiger charge is -2.34. The fourth-order valence-corrected chi connectivity index (χ4v) is 4.66. The second kappa shape index (κ2) is 7.58. The topological polar surface area (TPSA) is 137 Å². The molecule has 32 heavy (non-hydrogen) atoms. The second-order valence-corrected chi connectivity index (χ2v) is 8.38. The van der Waals surface area contributed by atoms with Gasteiger partial charge >= 0.3 is 0 Å². The Morgan fingerprint density at radius 3 is 2.75 bits per heavy atom. The van der Waals surface area contributed by atoms with E-state index in [4.69, 9.17) is 10.00 Å². The summed E-state index contributed by atoms with van der Waals surface area (Å²) >= 11 is 0. The van der Waals surface area contributed by atoms with Crippen molar-refractivity contribution in [1.29, 1.82) is 5.26 Å². The largest absolute Gasteiger partial charge is 0.377 e. The average molecular weight is 437 g/mol. The third kappa shape index (κ3) is 3.28. The molecule has 0 spiro atoms. The molecule has 3 saturated heterocycles. The van der Waals surface area contributed by atoms with E-state index < -0.39 is 11.5 Å². The van der Waals surface area contributed by atoms with Crippen LogP contribution in [-0.4, -0.2) is 74.0 Å². The molecule has 2 aromatic heterocycles. The first-order valence-corrected chi connectivity index (χ1v) is 10.5. The fourth-order valence-electron chi connectivity index (χ4n) is 4.66. The van der Waals surface area contributed by atoms with Gasteiger partial charge in [-0.1, -0.05) is 0 Å². The lowest BCUT2D eigenvalue weighted by atomic mass is 10.1. The van der Waals surface area contributed by atoms with E-state index in [1.807, 2.05) is 4.90 Å². The minimum atomic E-state index is -1.99. The summed E-state index contributed by atoms with van der Waals surface area (Å²) in [5, 5.41) is 26.7. The van der Waals surface area contributed by atoms with E-state index in [-0.39, 0.29) is 31.0 Å². The number of rotatable bonds is 4. The number of fused-ring (bicyclic) bond motifs is 2. The van der Waals surface area contributed by atoms with E-state index in [0.717, 1.165) is 12.8 Å². The van der Waals surface area contributed by atoms with Gasteiger partial charge in [0.05, 0.1) is 25.3 Å². The number of hydrogen-bond donors (Lipinski definition) is 2. The number of carbonyl (C=O) groups excluding carboxylic acids is 2. The van der Waals surface area contributed by atoms with Crippen molar-refractivity contribution in [2.45, 2.75) is 36.9 Å². The van der Waals surface area contributed by atoms with Crippen molar-refractivity contribution >= 4 is 29.1 Å². The third-order valence-corrected chi connectivity index (χ3v) is 6.37. The number of morpholine rings is 1. The molecule has 3 aliphatic rings. The van der Waals surface area contributed by atoms with Crippen LogP contribution in [0.15, 0.2) is 24.4 Å². The van der Waals surface area contributed by atoms with E-state index in [1.54, 1.807) is 36.0 Å². The van der Waals surface area contributed by atoms with Crippen molar-refractivity contribution in [2.24, 2.45) is 7.05 Å². The number of hydrogen-bond acceptors (Lipinski definition) is 8. The Morgan fingerprint density at radius 1 is 1.31 bits per heavy atom. The summed E-state index contributed by atoms with van der Waals surface area (Å²) < 4.78 is 7.11. The van der Waals surface area contributed by atoms with Gasteiger partial charge in [-0.15, -0.1) is 0 Å². The summed E-state index contributed by atoms with van der Waals surface area (Å²) in [6, 6.07) is 6.85. The SMILES string of the molecule is Cn1nc(Nc2cc(N3CC[C@](O)(C#N)C3=O)ccn2)cc1C(=O)N1C2CCC1COC2. The average Bonchev–Trinajstić information content (AvgIpc) is 3.39. The van der Waals surface area contributed by atoms with Gasteiger partial charge < -0.3 is 25.0 Å². The minimum Gasteiger partial charge on any atom is -0.377 e. The Hall–Kier alpha value is -3.49. The fraction of sp³-hybridized carbons (Fsp3) is 0.476. The molecule has 2 unspecified atom stereocenters. The molecule has 166 valence electrons. The van der Waals surface area contributed by atoms with E-state index in [0.29, 0.717) is 36.2 Å². The molecule has 3 fully saturated rings. The van der Waals surface area contributed by atoms with Gasteiger partial charge in [0.15, 0.2) is 5.82 Å². The number of carbonyl (C=O) groups is 2. The summed E-state index contributed by atoms with van der Waals surface area (Å²) in [7, 11) is 1.72. The van der Waals surface area contributed by atoms with Crippen LogP contribution in [0.3, 0.4) is 0 Å². The lowest BCUT2D eigenvalue weighted by molar-refractivity contribution is -0.128. The zero-order valence-corrected chi connectivity index (χ0v) is 17.6. The van der Waals surface area contributed by atoms with Crippen LogP contribution in [-0.2, 0) is 16.6 Å². The minimum absolute atomic E-state index is 0.0443. The molecule has 0 radical (unpaired) electrons. The second-order valence-electron chi connectivity index (χ2n) is 8.38. The predicted molar refractivity (Wildman–Crippen MR) is 112 cm³/mol. The van der Waals surface area contributed by atoms with Gasteiger partial charge in [-0.3, -0.25) is 14.3 Å². The Bertz CT molecular complexity index is 1110. The lowest BCUT2D eigenvalue weighted by Crippen LogP contribution is -2.49. The van der Waals surface area contributed by atoms with Crippen molar-refractivity contribution < 1.29 is 19.4 Å². The van der Waals surface area contributed by atoms with Crippen LogP contribution in [0.4, 0.5) is 17.3 Å². The van der Waals surface area contributed by atoms with Crippen LogP contribution in [0.1, 0.15) is 29.8 Å². The molecule has 2 N–H and O–H groups in total. The smallest absolute Gasteiger partial charge is 0.273 e. The predicted octanol–water partition coefficient (Wildman–Crippen LogP) is 0.553. The molecule has 0 aliphatic carbocycles. The number of aromatic nitrogens is 3. The normalized spacial score (nSPS) is 27.0. The number of amides is 2. The van der Waals surface area contributed by atoms with Gasteiger partial charge in [-0.2, -0.15) is 10.4 Å². The Morgan fingerprint density at radius 2 is 2.06 bits per heavy atom. The molecule has 2 bridgehead atoms. The Labute approximate surface area is 184 Å². The van der Waals surface area contributed by atoms with Gasteiger partial charge in [0.2, 0.25) is 5.60 Å². The van der Waals surface area contributed by atoms with Crippen LogP contribution < -0.4 is 10.2 Å². The molecular weight excluding hydrogens is 414 g/mol. The molecule has 2 amide bonds. The van der Waals surface area contributed by atoms with Crippen molar-refractivity contribution in [3.8, 4) is 6.07 Å². The first kappa shape index (κ1) is 20.4. The molecule has 3 aliphatic heterocycles. The maximum Gasteiger partial charge on any atom is 0.273 e. The monoisotopic (exact) mass is 437 g/mol. The highest BCUT2D eigenvalue weighted by Gasteiger charge is 2.46. The third-order valence-electron chi connectivity index (χ3n) is 6.37. The quantitative estimate of drug-likeness (QED) is 0.662. The van der Waals surface area contributed by atoms with Gasteiger partial charge in [-0.25, -0.2) is 4.98 Å². The summed E-state index contributed by atoms with van der Waals surface area (Å²) in [5.74, 6) is 0.153. The molecular formula is C21H23N7O4. The Kier molecular flexibility index (Phi) is 4.83. The van der Waals surface area contributed by atoms with Gasteiger partial charge in [-0.05, 0) is 18.9 Å². The van der Waals surface area contributed by atoms with Gasteiger partial charge in [0, 0.05) is 44.0 Å².